The molecule has 0 aliphatic heterocycles. The molecule has 12 heavy (non-hydrogen) atoms. The van der Waals surface area contributed by atoms with Crippen LogP contribution in [0, 0.1) is 0 Å². The third-order valence-corrected chi connectivity index (χ3v) is 1.93. The van der Waals surface area contributed by atoms with Gasteiger partial charge in [-0.2, -0.15) is 5.10 Å². The predicted octanol–water partition coefficient (Wildman–Crippen LogP) is 2.67. The first-order valence-corrected chi connectivity index (χ1v) is 4.54. The lowest BCUT2D eigenvalue weighted by molar-refractivity contribution is 0.323. The highest BCUT2D eigenvalue weighted by Gasteiger charge is 1.91. The van der Waals surface area contributed by atoms with Crippen molar-refractivity contribution in [1.29, 1.82) is 0 Å². The highest BCUT2D eigenvalue weighted by molar-refractivity contribution is 5.78. The van der Waals surface area contributed by atoms with Crippen LogP contribution >= 0.6 is 0 Å². The molecule has 0 rings (SSSR count). The molecule has 0 N–H and O–H groups in total. The third-order valence-electron chi connectivity index (χ3n) is 1.93. The molecular weight excluding hydrogens is 148 g/mol. The van der Waals surface area contributed by atoms with Crippen molar-refractivity contribution in [1.82, 2.24) is 5.01 Å². The zero-order valence-corrected chi connectivity index (χ0v) is 8.89. The van der Waals surface area contributed by atoms with Crippen molar-refractivity contribution >= 4 is 6.21 Å². The normalized spacial score (nSPS) is 10.4. The van der Waals surface area contributed by atoms with Crippen LogP contribution < -0.4 is 0 Å². The van der Waals surface area contributed by atoms with E-state index in [0.717, 1.165) is 13.1 Å². The van der Waals surface area contributed by atoms with E-state index in [1.54, 1.807) is 0 Å². The van der Waals surface area contributed by atoms with E-state index in [-0.39, 0.29) is 0 Å². The van der Waals surface area contributed by atoms with Crippen LogP contribution in [0.2, 0.25) is 0 Å². The van der Waals surface area contributed by atoms with E-state index < -0.39 is 0 Å². The molecule has 0 atom stereocenters. The summed E-state index contributed by atoms with van der Waals surface area (Å²) in [7, 11) is 0. The molecule has 2 heteroatoms. The Morgan fingerprint density at radius 2 is 1.67 bits per heavy atom. The lowest BCUT2D eigenvalue weighted by Gasteiger charge is -2.13. The lowest BCUT2D eigenvalue weighted by Crippen LogP contribution is -2.15. The summed E-state index contributed by atoms with van der Waals surface area (Å²) in [6, 6.07) is 0. The minimum absolute atomic E-state index is 0.975. The summed E-state index contributed by atoms with van der Waals surface area (Å²) in [5.74, 6) is 0. The standard InChI is InChI=1S/C10H20N2/c1-6-12(7-2)11-8-10(5)9(3)4/h8H,6-7H2,1-5H3/b11-8+. The fourth-order valence-electron chi connectivity index (χ4n) is 0.684. The van der Waals surface area contributed by atoms with Gasteiger partial charge in [0.15, 0.2) is 0 Å². The van der Waals surface area contributed by atoms with Gasteiger partial charge in [0.05, 0.1) is 0 Å². The van der Waals surface area contributed by atoms with Crippen molar-refractivity contribution < 1.29 is 0 Å². The molecule has 0 radical (unpaired) electrons. The predicted molar refractivity (Wildman–Crippen MR) is 55.5 cm³/mol. The van der Waals surface area contributed by atoms with Crippen LogP contribution in [0.25, 0.3) is 0 Å². The summed E-state index contributed by atoms with van der Waals surface area (Å²) in [4.78, 5) is 0. The lowest BCUT2D eigenvalue weighted by atomic mass is 10.2. The zero-order chi connectivity index (χ0) is 9.56. The quantitative estimate of drug-likeness (QED) is 0.465. The van der Waals surface area contributed by atoms with E-state index in [9.17, 15) is 0 Å². The van der Waals surface area contributed by atoms with Gasteiger partial charge in [0, 0.05) is 19.3 Å². The Hall–Kier alpha value is -0.790. The summed E-state index contributed by atoms with van der Waals surface area (Å²) in [6.07, 6.45) is 1.93. The van der Waals surface area contributed by atoms with Crippen LogP contribution in [-0.4, -0.2) is 24.3 Å². The molecule has 0 aromatic rings. The van der Waals surface area contributed by atoms with Crippen LogP contribution in [0.15, 0.2) is 16.2 Å². The second-order valence-electron chi connectivity index (χ2n) is 3.07. The van der Waals surface area contributed by atoms with Crippen molar-refractivity contribution in [3.05, 3.63) is 11.1 Å². The van der Waals surface area contributed by atoms with E-state index in [4.69, 9.17) is 0 Å². The smallest absolute Gasteiger partial charge is 0.0499 e. The Morgan fingerprint density at radius 3 is 2.00 bits per heavy atom. The topological polar surface area (TPSA) is 15.6 Å². The van der Waals surface area contributed by atoms with Crippen LogP contribution in [0.3, 0.4) is 0 Å². The summed E-state index contributed by atoms with van der Waals surface area (Å²) < 4.78 is 0. The second-order valence-corrected chi connectivity index (χ2v) is 3.07. The monoisotopic (exact) mass is 168 g/mol. The molecule has 0 saturated heterocycles. The SMILES string of the molecule is CCN(CC)/N=C/C(C)=C(C)C. The average molecular weight is 168 g/mol. The number of hydrogen-bond acceptors (Lipinski definition) is 2. The van der Waals surface area contributed by atoms with Crippen molar-refractivity contribution in [2.45, 2.75) is 34.6 Å². The summed E-state index contributed by atoms with van der Waals surface area (Å²) in [6.45, 7) is 12.5. The minimum Gasteiger partial charge on any atom is -0.298 e. The largest absolute Gasteiger partial charge is 0.298 e. The Labute approximate surface area is 76.0 Å². The molecule has 2 nitrogen and oxygen atoms in total. The Bertz CT molecular complexity index is 172. The Morgan fingerprint density at radius 1 is 1.17 bits per heavy atom. The third kappa shape index (κ3) is 4.16. The van der Waals surface area contributed by atoms with Crippen molar-refractivity contribution in [2.24, 2.45) is 5.10 Å². The molecule has 0 heterocycles. The van der Waals surface area contributed by atoms with Crippen LogP contribution in [0.1, 0.15) is 34.6 Å². The molecule has 70 valence electrons. The van der Waals surface area contributed by atoms with Crippen LogP contribution in [0.5, 0.6) is 0 Å². The molecule has 0 fully saturated rings. The number of hydrogen-bond donors (Lipinski definition) is 0. The van der Waals surface area contributed by atoms with Gasteiger partial charge < -0.3 is 0 Å². The molecule has 0 saturated carbocycles. The van der Waals surface area contributed by atoms with Gasteiger partial charge in [0.1, 0.15) is 0 Å². The molecule has 0 spiro atoms. The number of nitrogens with zero attached hydrogens (tertiary/aromatic N) is 2. The Kier molecular flexibility index (Phi) is 5.43. The summed E-state index contributed by atoms with van der Waals surface area (Å²) in [5.41, 5.74) is 2.58. The molecule has 0 unspecified atom stereocenters. The highest BCUT2D eigenvalue weighted by Crippen LogP contribution is 1.98. The minimum atomic E-state index is 0.975. The van der Waals surface area contributed by atoms with Gasteiger partial charge in [-0.05, 0) is 40.2 Å². The van der Waals surface area contributed by atoms with Gasteiger partial charge in [-0.25, -0.2) is 0 Å². The highest BCUT2D eigenvalue weighted by atomic mass is 15.4. The first kappa shape index (κ1) is 11.2. The average Bonchev–Trinajstić information content (AvgIpc) is 2.05. The molecule has 0 aromatic carbocycles. The van der Waals surface area contributed by atoms with Crippen molar-refractivity contribution in [2.75, 3.05) is 13.1 Å². The molecule has 0 amide bonds. The van der Waals surface area contributed by atoms with E-state index in [1.165, 1.54) is 11.1 Å². The van der Waals surface area contributed by atoms with Gasteiger partial charge in [-0.1, -0.05) is 5.57 Å². The zero-order valence-electron chi connectivity index (χ0n) is 8.89. The molecule has 0 bridgehead atoms. The van der Waals surface area contributed by atoms with E-state index in [2.05, 4.69) is 39.7 Å². The van der Waals surface area contributed by atoms with E-state index in [0.29, 0.717) is 0 Å². The summed E-state index contributed by atoms with van der Waals surface area (Å²) >= 11 is 0. The molecule has 0 aliphatic rings. The van der Waals surface area contributed by atoms with Crippen LogP contribution in [0.4, 0.5) is 0 Å². The Balaban J connectivity index is 4.13. The van der Waals surface area contributed by atoms with Crippen LogP contribution in [-0.2, 0) is 0 Å². The fraction of sp³-hybridized carbons (Fsp3) is 0.700. The second kappa shape index (κ2) is 5.81. The first-order valence-electron chi connectivity index (χ1n) is 4.54. The van der Waals surface area contributed by atoms with E-state index in [1.807, 2.05) is 11.2 Å². The number of hydrazone groups is 1. The van der Waals surface area contributed by atoms with Gasteiger partial charge in [0.2, 0.25) is 0 Å². The molecular formula is C10H20N2. The van der Waals surface area contributed by atoms with Gasteiger partial charge in [-0.15, -0.1) is 0 Å². The van der Waals surface area contributed by atoms with E-state index >= 15 is 0 Å². The van der Waals surface area contributed by atoms with Crippen molar-refractivity contribution in [3.8, 4) is 0 Å². The van der Waals surface area contributed by atoms with Gasteiger partial charge in [0.25, 0.3) is 0 Å². The fourth-order valence-corrected chi connectivity index (χ4v) is 0.684. The maximum atomic E-state index is 4.33. The number of allylic oxidation sites excluding steroid dienone is 2. The van der Waals surface area contributed by atoms with Gasteiger partial charge >= 0.3 is 0 Å². The van der Waals surface area contributed by atoms with Crippen molar-refractivity contribution in [3.63, 3.8) is 0 Å². The maximum absolute atomic E-state index is 4.33. The summed E-state index contributed by atoms with van der Waals surface area (Å²) in [5, 5.41) is 6.37. The molecule has 0 aromatic heterocycles. The maximum Gasteiger partial charge on any atom is 0.0499 e. The molecule has 0 aliphatic carbocycles. The van der Waals surface area contributed by atoms with Gasteiger partial charge in [-0.3, -0.25) is 5.01 Å². The first-order chi connectivity index (χ1) is 5.61. The number of rotatable bonds is 4.